The van der Waals surface area contributed by atoms with E-state index in [1.807, 2.05) is 18.2 Å². The molecular weight excluding hydrogens is 356 g/mol. The zero-order chi connectivity index (χ0) is 19.7. The van der Waals surface area contributed by atoms with E-state index in [0.717, 1.165) is 21.9 Å². The van der Waals surface area contributed by atoms with Crippen LogP contribution in [0.15, 0.2) is 71.3 Å². The highest BCUT2D eigenvalue weighted by atomic mass is 16.3. The van der Waals surface area contributed by atoms with Crippen molar-refractivity contribution < 1.29 is 8.98 Å². The Labute approximate surface area is 167 Å². The molecular formula is C26H17N2O+. The van der Waals surface area contributed by atoms with Crippen LogP contribution < -0.4 is 4.57 Å². The van der Waals surface area contributed by atoms with Gasteiger partial charge in [0.2, 0.25) is 5.52 Å². The molecule has 0 aliphatic rings. The first-order valence-corrected chi connectivity index (χ1v) is 9.63. The number of rotatable bonds is 0. The van der Waals surface area contributed by atoms with Gasteiger partial charge in [-0.25, -0.2) is 9.41 Å². The van der Waals surface area contributed by atoms with Gasteiger partial charge in [0, 0.05) is 22.2 Å². The summed E-state index contributed by atoms with van der Waals surface area (Å²) in [5.74, 6) is 0. The fraction of sp³-hybridized carbons (Fsp3) is 0.0769. The molecule has 4 aromatic carbocycles. The predicted molar refractivity (Wildman–Crippen MR) is 118 cm³/mol. The predicted octanol–water partition coefficient (Wildman–Crippen LogP) is 6.73. The lowest BCUT2D eigenvalue weighted by atomic mass is 9.92. The molecule has 2 heterocycles. The standard InChI is InChI=1S/C26H17N2O/c1-15-24-20-11-10-16(27-2)13-22(20)29-23(24)14-21-18-8-5-4-7-17(18)19-9-6-12-28(3)26(19)25(15)21/h4-14H,1,3H3/q+1. The molecule has 136 valence electrons. The molecule has 0 radical (unpaired) electrons. The van der Waals surface area contributed by atoms with Gasteiger partial charge in [0.05, 0.1) is 17.3 Å². The Balaban J connectivity index is 1.96. The van der Waals surface area contributed by atoms with E-state index in [2.05, 4.69) is 72.0 Å². The SMILES string of the molecule is [C-]#[N+]c1ccc2c(c1)oc1cc3c4ccccc4c4ccc[n+](C)c4c3c(C)c12. The third-order valence-electron chi connectivity index (χ3n) is 6.05. The largest absolute Gasteiger partial charge is 0.457 e. The molecule has 3 heteroatoms. The Bertz CT molecular complexity index is 1680. The van der Waals surface area contributed by atoms with Crippen molar-refractivity contribution >= 4 is 60.1 Å². The van der Waals surface area contributed by atoms with E-state index in [1.54, 1.807) is 0 Å². The van der Waals surface area contributed by atoms with Gasteiger partial charge < -0.3 is 4.42 Å². The van der Waals surface area contributed by atoms with Crippen LogP contribution in [0.4, 0.5) is 5.69 Å². The molecule has 0 aliphatic heterocycles. The second-order valence-corrected chi connectivity index (χ2v) is 7.62. The number of aromatic nitrogens is 1. The average molecular weight is 373 g/mol. The highest BCUT2D eigenvalue weighted by Crippen LogP contribution is 2.41. The van der Waals surface area contributed by atoms with Gasteiger partial charge in [-0.15, -0.1) is 0 Å². The first-order valence-electron chi connectivity index (χ1n) is 9.63. The molecule has 0 unspecified atom stereocenters. The van der Waals surface area contributed by atoms with Crippen LogP contribution in [0.1, 0.15) is 5.56 Å². The zero-order valence-electron chi connectivity index (χ0n) is 16.2. The van der Waals surface area contributed by atoms with E-state index >= 15 is 0 Å². The molecule has 0 saturated heterocycles. The number of hydrogen-bond donors (Lipinski definition) is 0. The van der Waals surface area contributed by atoms with Gasteiger partial charge in [-0.3, -0.25) is 0 Å². The maximum Gasteiger partial charge on any atom is 0.221 e. The summed E-state index contributed by atoms with van der Waals surface area (Å²) in [6.45, 7) is 9.48. The minimum absolute atomic E-state index is 0.598. The molecule has 0 fully saturated rings. The van der Waals surface area contributed by atoms with Crippen molar-refractivity contribution in [2.24, 2.45) is 7.05 Å². The fourth-order valence-corrected chi connectivity index (χ4v) is 4.80. The van der Waals surface area contributed by atoms with E-state index < -0.39 is 0 Å². The summed E-state index contributed by atoms with van der Waals surface area (Å²) in [5, 5.41) is 8.38. The van der Waals surface area contributed by atoms with E-state index in [9.17, 15) is 0 Å². The van der Waals surface area contributed by atoms with Crippen LogP contribution in [0, 0.1) is 13.5 Å². The van der Waals surface area contributed by atoms with E-state index in [-0.39, 0.29) is 0 Å². The Morgan fingerprint density at radius 3 is 2.34 bits per heavy atom. The number of benzene rings is 4. The summed E-state index contributed by atoms with van der Waals surface area (Å²) in [7, 11) is 2.11. The lowest BCUT2D eigenvalue weighted by molar-refractivity contribution is -0.644. The summed E-state index contributed by atoms with van der Waals surface area (Å²) in [4.78, 5) is 3.55. The molecule has 2 aromatic heterocycles. The highest BCUT2D eigenvalue weighted by molar-refractivity contribution is 6.28. The van der Waals surface area contributed by atoms with Crippen molar-refractivity contribution in [3.63, 3.8) is 0 Å². The molecule has 0 amide bonds. The van der Waals surface area contributed by atoms with Crippen molar-refractivity contribution in [1.82, 2.24) is 0 Å². The first kappa shape index (κ1) is 16.1. The van der Waals surface area contributed by atoms with Gasteiger partial charge >= 0.3 is 0 Å². The Morgan fingerprint density at radius 1 is 0.793 bits per heavy atom. The van der Waals surface area contributed by atoms with Crippen LogP contribution in [0.5, 0.6) is 0 Å². The third-order valence-corrected chi connectivity index (χ3v) is 6.05. The summed E-state index contributed by atoms with van der Waals surface area (Å²) in [5.41, 5.74) is 4.68. The number of pyridine rings is 1. The maximum atomic E-state index is 7.30. The van der Waals surface area contributed by atoms with Gasteiger partial charge in [-0.2, -0.15) is 0 Å². The molecule has 0 atom stereocenters. The first-order chi connectivity index (χ1) is 14.2. The van der Waals surface area contributed by atoms with Crippen LogP contribution in [0.2, 0.25) is 0 Å². The molecule has 6 rings (SSSR count). The van der Waals surface area contributed by atoms with Gasteiger partial charge in [-0.1, -0.05) is 36.4 Å². The van der Waals surface area contributed by atoms with Crippen LogP contribution >= 0.6 is 0 Å². The zero-order valence-corrected chi connectivity index (χ0v) is 16.2. The second kappa shape index (κ2) is 5.56. The summed E-state index contributed by atoms with van der Waals surface area (Å²) in [6.07, 6.45) is 2.11. The van der Waals surface area contributed by atoms with Crippen molar-refractivity contribution in [2.45, 2.75) is 6.92 Å². The molecule has 6 aromatic rings. The molecule has 0 spiro atoms. The van der Waals surface area contributed by atoms with Crippen molar-refractivity contribution in [2.75, 3.05) is 0 Å². The monoisotopic (exact) mass is 373 g/mol. The lowest BCUT2D eigenvalue weighted by Gasteiger charge is -2.11. The van der Waals surface area contributed by atoms with Crippen LogP contribution in [-0.2, 0) is 7.05 Å². The highest BCUT2D eigenvalue weighted by Gasteiger charge is 2.21. The van der Waals surface area contributed by atoms with Crippen LogP contribution in [0.3, 0.4) is 0 Å². The normalized spacial score (nSPS) is 11.8. The van der Waals surface area contributed by atoms with Crippen LogP contribution in [-0.4, -0.2) is 0 Å². The number of furan rings is 1. The molecule has 0 N–H and O–H groups in total. The minimum atomic E-state index is 0.598. The number of fused-ring (bicyclic) bond motifs is 9. The molecule has 29 heavy (non-hydrogen) atoms. The summed E-state index contributed by atoms with van der Waals surface area (Å²) >= 11 is 0. The topological polar surface area (TPSA) is 21.4 Å². The summed E-state index contributed by atoms with van der Waals surface area (Å²) < 4.78 is 8.44. The average Bonchev–Trinajstić information content (AvgIpc) is 3.12. The number of aryl methyl sites for hydroxylation is 2. The third kappa shape index (κ3) is 2.03. The smallest absolute Gasteiger partial charge is 0.221 e. The quantitative estimate of drug-likeness (QED) is 0.164. The Kier molecular flexibility index (Phi) is 3.08. The van der Waals surface area contributed by atoms with E-state index in [1.165, 1.54) is 38.0 Å². The molecule has 3 nitrogen and oxygen atoms in total. The summed E-state index contributed by atoms with van der Waals surface area (Å²) in [6, 6.07) is 20.8. The van der Waals surface area contributed by atoms with Crippen molar-refractivity contribution in [3.8, 4) is 0 Å². The van der Waals surface area contributed by atoms with E-state index in [4.69, 9.17) is 11.0 Å². The van der Waals surface area contributed by atoms with Gasteiger partial charge in [-0.05, 0) is 41.5 Å². The van der Waals surface area contributed by atoms with Gasteiger partial charge in [0.1, 0.15) is 18.2 Å². The van der Waals surface area contributed by atoms with Crippen molar-refractivity contribution in [3.05, 3.63) is 83.8 Å². The number of hydrogen-bond acceptors (Lipinski definition) is 1. The maximum absolute atomic E-state index is 7.30. The Morgan fingerprint density at radius 2 is 1.55 bits per heavy atom. The second-order valence-electron chi connectivity index (χ2n) is 7.62. The fourth-order valence-electron chi connectivity index (χ4n) is 4.80. The number of nitrogens with zero attached hydrogens (tertiary/aromatic N) is 2. The Hall–Kier alpha value is -3.90. The molecule has 0 saturated carbocycles. The van der Waals surface area contributed by atoms with Gasteiger partial charge in [0.25, 0.3) is 0 Å². The molecule has 0 aliphatic carbocycles. The van der Waals surface area contributed by atoms with Crippen molar-refractivity contribution in [1.29, 1.82) is 0 Å². The van der Waals surface area contributed by atoms with Crippen LogP contribution in [0.25, 0.3) is 59.2 Å². The minimum Gasteiger partial charge on any atom is -0.457 e. The van der Waals surface area contributed by atoms with Gasteiger partial charge in [0.15, 0.2) is 11.9 Å². The lowest BCUT2D eigenvalue weighted by Crippen LogP contribution is -2.28. The molecule has 0 bridgehead atoms. The van der Waals surface area contributed by atoms with E-state index in [0.29, 0.717) is 5.69 Å².